The number of benzene rings is 1. The summed E-state index contributed by atoms with van der Waals surface area (Å²) in [6.45, 7) is 4.58. The summed E-state index contributed by atoms with van der Waals surface area (Å²) in [4.78, 5) is 13.7. The number of ether oxygens (including phenoxy) is 2. The third kappa shape index (κ3) is 6.57. The SMILES string of the molecule is COC(=O)c1ccc(S(=O)(=O)NCCN2CCNCC2)c(OC)c1.Cl.Cl. The van der Waals surface area contributed by atoms with E-state index in [0.717, 1.165) is 26.2 Å². The van der Waals surface area contributed by atoms with Gasteiger partial charge in [0, 0.05) is 39.3 Å². The third-order valence-electron chi connectivity index (χ3n) is 3.80. The summed E-state index contributed by atoms with van der Waals surface area (Å²) in [5.41, 5.74) is 0.231. The van der Waals surface area contributed by atoms with Crippen molar-refractivity contribution >= 4 is 40.8 Å². The molecule has 11 heteroatoms. The molecule has 0 radical (unpaired) electrons. The van der Waals surface area contributed by atoms with Crippen molar-refractivity contribution in [3.63, 3.8) is 0 Å². The number of sulfonamides is 1. The number of carbonyl (C=O) groups is 1. The van der Waals surface area contributed by atoms with E-state index < -0.39 is 16.0 Å². The second kappa shape index (κ2) is 11.6. The van der Waals surface area contributed by atoms with E-state index in [9.17, 15) is 13.2 Å². The molecule has 0 unspecified atom stereocenters. The molecule has 1 saturated heterocycles. The largest absolute Gasteiger partial charge is 0.495 e. The zero-order chi connectivity index (χ0) is 17.6. The van der Waals surface area contributed by atoms with Crippen molar-refractivity contribution in [1.82, 2.24) is 14.9 Å². The highest BCUT2D eigenvalue weighted by Crippen LogP contribution is 2.25. The molecular weight excluding hydrogens is 405 g/mol. The van der Waals surface area contributed by atoms with Gasteiger partial charge in [0.1, 0.15) is 10.6 Å². The van der Waals surface area contributed by atoms with Gasteiger partial charge < -0.3 is 14.8 Å². The molecule has 1 fully saturated rings. The van der Waals surface area contributed by atoms with Crippen LogP contribution in [0.1, 0.15) is 10.4 Å². The van der Waals surface area contributed by atoms with E-state index in [4.69, 9.17) is 4.74 Å². The van der Waals surface area contributed by atoms with Gasteiger partial charge in [-0.2, -0.15) is 0 Å². The van der Waals surface area contributed by atoms with Crippen molar-refractivity contribution in [2.45, 2.75) is 4.90 Å². The Morgan fingerprint density at radius 1 is 1.23 bits per heavy atom. The normalized spacial score (nSPS) is 14.7. The molecule has 1 aliphatic heterocycles. The first kappa shape index (κ1) is 24.9. The van der Waals surface area contributed by atoms with Gasteiger partial charge in [0.2, 0.25) is 10.0 Å². The smallest absolute Gasteiger partial charge is 0.337 e. The van der Waals surface area contributed by atoms with E-state index in [2.05, 4.69) is 19.7 Å². The van der Waals surface area contributed by atoms with Gasteiger partial charge >= 0.3 is 5.97 Å². The molecule has 1 aromatic carbocycles. The Balaban J connectivity index is 0.00000312. The van der Waals surface area contributed by atoms with Gasteiger partial charge in [-0.15, -0.1) is 24.8 Å². The number of methoxy groups -OCH3 is 2. The molecule has 0 saturated carbocycles. The first-order valence-corrected chi connectivity index (χ1v) is 9.15. The Hall–Kier alpha value is -1.10. The highest BCUT2D eigenvalue weighted by Gasteiger charge is 2.21. The van der Waals surface area contributed by atoms with Crippen molar-refractivity contribution in [3.05, 3.63) is 23.8 Å². The summed E-state index contributed by atoms with van der Waals surface area (Å²) >= 11 is 0. The van der Waals surface area contributed by atoms with Crippen LogP contribution < -0.4 is 14.8 Å². The first-order chi connectivity index (χ1) is 11.5. The number of nitrogens with one attached hydrogen (secondary N) is 2. The molecule has 150 valence electrons. The lowest BCUT2D eigenvalue weighted by Gasteiger charge is -2.27. The predicted octanol–water partition coefficient (Wildman–Crippen LogP) is 0.509. The van der Waals surface area contributed by atoms with Crippen LogP contribution in [0, 0.1) is 0 Å². The molecule has 8 nitrogen and oxygen atoms in total. The van der Waals surface area contributed by atoms with E-state index in [1.54, 1.807) is 0 Å². The van der Waals surface area contributed by atoms with Crippen LogP contribution in [0.2, 0.25) is 0 Å². The molecule has 0 bridgehead atoms. The van der Waals surface area contributed by atoms with Crippen LogP contribution in [0.15, 0.2) is 23.1 Å². The van der Waals surface area contributed by atoms with Crippen molar-refractivity contribution in [2.75, 3.05) is 53.5 Å². The minimum absolute atomic E-state index is 0. The van der Waals surface area contributed by atoms with Gasteiger partial charge in [-0.25, -0.2) is 17.9 Å². The third-order valence-corrected chi connectivity index (χ3v) is 5.30. The van der Waals surface area contributed by atoms with Crippen LogP contribution in [-0.4, -0.2) is 72.8 Å². The lowest BCUT2D eigenvalue weighted by atomic mass is 10.2. The molecule has 0 aromatic heterocycles. The Morgan fingerprint density at radius 2 is 1.88 bits per heavy atom. The fourth-order valence-corrected chi connectivity index (χ4v) is 3.65. The van der Waals surface area contributed by atoms with Crippen LogP contribution in [0.4, 0.5) is 0 Å². The summed E-state index contributed by atoms with van der Waals surface area (Å²) < 4.78 is 37.2. The standard InChI is InChI=1S/C15H23N3O5S.2ClH/c1-22-13-11-12(15(19)23-2)3-4-14(13)24(20,21)17-7-10-18-8-5-16-6-9-18;;/h3-4,11,16-17H,5-10H2,1-2H3;2*1H. The van der Waals surface area contributed by atoms with E-state index in [1.165, 1.54) is 32.4 Å². The molecule has 0 amide bonds. The number of carbonyl (C=O) groups excluding carboxylic acids is 1. The molecule has 2 rings (SSSR count). The second-order valence-corrected chi connectivity index (χ2v) is 7.08. The second-order valence-electron chi connectivity index (χ2n) is 5.35. The summed E-state index contributed by atoms with van der Waals surface area (Å²) in [7, 11) is -1.10. The molecule has 1 aliphatic rings. The van der Waals surface area contributed by atoms with Crippen LogP contribution in [0.3, 0.4) is 0 Å². The maximum atomic E-state index is 12.5. The van der Waals surface area contributed by atoms with Crippen LogP contribution in [0.5, 0.6) is 5.75 Å². The number of hydrogen-bond acceptors (Lipinski definition) is 7. The number of halogens is 2. The topological polar surface area (TPSA) is 97.0 Å². The zero-order valence-electron chi connectivity index (χ0n) is 14.7. The van der Waals surface area contributed by atoms with Gasteiger partial charge in [0.05, 0.1) is 19.8 Å². The highest BCUT2D eigenvalue weighted by atomic mass is 35.5. The minimum atomic E-state index is -3.72. The molecule has 26 heavy (non-hydrogen) atoms. The van der Waals surface area contributed by atoms with E-state index >= 15 is 0 Å². The Labute approximate surface area is 166 Å². The number of piperazine rings is 1. The Morgan fingerprint density at radius 3 is 2.46 bits per heavy atom. The van der Waals surface area contributed by atoms with Crippen LogP contribution in [0.25, 0.3) is 0 Å². The van der Waals surface area contributed by atoms with Gasteiger partial charge in [0.15, 0.2) is 0 Å². The number of hydrogen-bond donors (Lipinski definition) is 2. The number of nitrogens with zero attached hydrogens (tertiary/aromatic N) is 1. The highest BCUT2D eigenvalue weighted by molar-refractivity contribution is 7.89. The van der Waals surface area contributed by atoms with Gasteiger partial charge in [-0.05, 0) is 18.2 Å². The maximum absolute atomic E-state index is 12.5. The van der Waals surface area contributed by atoms with Crippen LogP contribution >= 0.6 is 24.8 Å². The predicted molar refractivity (Wildman–Crippen MR) is 103 cm³/mol. The molecule has 1 heterocycles. The van der Waals surface area contributed by atoms with Gasteiger partial charge in [-0.1, -0.05) is 0 Å². The van der Waals surface area contributed by atoms with Gasteiger partial charge in [-0.3, -0.25) is 4.90 Å². The van der Waals surface area contributed by atoms with E-state index in [1.807, 2.05) is 0 Å². The summed E-state index contributed by atoms with van der Waals surface area (Å²) in [6.07, 6.45) is 0. The molecule has 2 N–H and O–H groups in total. The van der Waals surface area contributed by atoms with Crippen molar-refractivity contribution in [1.29, 1.82) is 0 Å². The molecule has 0 aliphatic carbocycles. The van der Waals surface area contributed by atoms with E-state index in [0.29, 0.717) is 13.1 Å². The Bertz CT molecular complexity index is 682. The van der Waals surface area contributed by atoms with Gasteiger partial charge in [0.25, 0.3) is 0 Å². The van der Waals surface area contributed by atoms with Crippen molar-refractivity contribution in [3.8, 4) is 5.75 Å². The fraction of sp³-hybridized carbons (Fsp3) is 0.533. The molecule has 0 atom stereocenters. The lowest BCUT2D eigenvalue weighted by Crippen LogP contribution is -2.46. The van der Waals surface area contributed by atoms with Crippen molar-refractivity contribution in [2.24, 2.45) is 0 Å². The van der Waals surface area contributed by atoms with E-state index in [-0.39, 0.29) is 41.0 Å². The van der Waals surface area contributed by atoms with Crippen LogP contribution in [-0.2, 0) is 14.8 Å². The maximum Gasteiger partial charge on any atom is 0.337 e. The Kier molecular flexibility index (Phi) is 11.1. The molecule has 1 aromatic rings. The first-order valence-electron chi connectivity index (χ1n) is 7.67. The number of rotatable bonds is 7. The summed E-state index contributed by atoms with van der Waals surface area (Å²) in [5.74, 6) is -0.448. The molecular formula is C15H25Cl2N3O5S. The summed E-state index contributed by atoms with van der Waals surface area (Å²) in [6, 6.07) is 4.11. The number of esters is 1. The zero-order valence-corrected chi connectivity index (χ0v) is 17.1. The summed E-state index contributed by atoms with van der Waals surface area (Å²) in [5, 5.41) is 3.25. The van der Waals surface area contributed by atoms with Crippen molar-refractivity contribution < 1.29 is 22.7 Å². The quantitative estimate of drug-likeness (QED) is 0.609. The monoisotopic (exact) mass is 429 g/mol. The minimum Gasteiger partial charge on any atom is -0.495 e. The lowest BCUT2D eigenvalue weighted by molar-refractivity contribution is 0.0600. The molecule has 0 spiro atoms. The average molecular weight is 430 g/mol. The average Bonchev–Trinajstić information content (AvgIpc) is 2.61. The fourth-order valence-electron chi connectivity index (χ4n) is 2.49.